The first-order valence-corrected chi connectivity index (χ1v) is 10.5. The molecule has 2 aromatic rings. The maximum atomic E-state index is 13.8. The summed E-state index contributed by atoms with van der Waals surface area (Å²) in [4.78, 5) is 16.1. The molecule has 146 valence electrons. The Morgan fingerprint density at radius 1 is 1.07 bits per heavy atom. The molecule has 1 amide bonds. The van der Waals surface area contributed by atoms with E-state index in [0.29, 0.717) is 5.56 Å². The molecule has 0 heterocycles. The van der Waals surface area contributed by atoms with Crippen molar-refractivity contribution < 1.29 is 17.6 Å². The summed E-state index contributed by atoms with van der Waals surface area (Å²) in [5.74, 6) is -0.454. The Bertz CT molecular complexity index is 898. The minimum Gasteiger partial charge on any atom is -0.340 e. The number of likely N-dealkylation sites (N-methyl/N-ethyl adjacent to an activating group) is 2. The molecule has 0 N–H and O–H groups in total. The number of sulfone groups is 1. The van der Waals surface area contributed by atoms with E-state index in [0.717, 1.165) is 5.56 Å². The lowest BCUT2D eigenvalue weighted by molar-refractivity contribution is -0.131. The van der Waals surface area contributed by atoms with Crippen LogP contribution in [0.15, 0.2) is 53.4 Å². The van der Waals surface area contributed by atoms with Crippen molar-refractivity contribution in [1.82, 2.24) is 9.80 Å². The van der Waals surface area contributed by atoms with Crippen LogP contribution in [-0.2, 0) is 21.2 Å². The van der Waals surface area contributed by atoms with Crippen LogP contribution in [0.1, 0.15) is 24.1 Å². The highest BCUT2D eigenvalue weighted by molar-refractivity contribution is 7.90. The number of hydrogen-bond acceptors (Lipinski definition) is 4. The molecule has 0 saturated heterocycles. The van der Waals surface area contributed by atoms with Gasteiger partial charge >= 0.3 is 0 Å². The molecule has 0 spiro atoms. The number of amides is 1. The van der Waals surface area contributed by atoms with Crippen LogP contribution in [0.2, 0.25) is 0 Å². The van der Waals surface area contributed by atoms with Crippen molar-refractivity contribution >= 4 is 15.7 Å². The molecule has 27 heavy (non-hydrogen) atoms. The molecule has 0 aliphatic carbocycles. The molecule has 0 fully saturated rings. The fourth-order valence-electron chi connectivity index (χ4n) is 2.69. The average molecular weight is 392 g/mol. The number of hydrogen-bond donors (Lipinski definition) is 0. The number of benzene rings is 2. The van der Waals surface area contributed by atoms with E-state index in [1.165, 1.54) is 17.2 Å². The van der Waals surface area contributed by atoms with E-state index in [1.807, 2.05) is 18.9 Å². The number of carbonyl (C=O) groups is 1. The lowest BCUT2D eigenvalue weighted by Gasteiger charge is -2.27. The van der Waals surface area contributed by atoms with Gasteiger partial charge in [-0.15, -0.1) is 0 Å². The van der Waals surface area contributed by atoms with Gasteiger partial charge in [0.15, 0.2) is 9.84 Å². The minimum atomic E-state index is -3.23. The smallest absolute Gasteiger partial charge is 0.236 e. The summed E-state index contributed by atoms with van der Waals surface area (Å²) in [6, 6.07) is 13.0. The van der Waals surface area contributed by atoms with Crippen LogP contribution in [0.4, 0.5) is 4.39 Å². The van der Waals surface area contributed by atoms with E-state index in [9.17, 15) is 17.6 Å². The second-order valence-corrected chi connectivity index (χ2v) is 8.79. The summed E-state index contributed by atoms with van der Waals surface area (Å²) in [5, 5.41) is 0. The fraction of sp³-hybridized carbons (Fsp3) is 0.350. The first-order chi connectivity index (χ1) is 12.6. The van der Waals surface area contributed by atoms with Gasteiger partial charge in [0.2, 0.25) is 5.91 Å². The van der Waals surface area contributed by atoms with Gasteiger partial charge in [-0.25, -0.2) is 12.8 Å². The number of rotatable bonds is 7. The van der Waals surface area contributed by atoms with Crippen LogP contribution in [0.5, 0.6) is 0 Å². The van der Waals surface area contributed by atoms with Crippen molar-refractivity contribution in [3.63, 3.8) is 0 Å². The maximum Gasteiger partial charge on any atom is 0.236 e. The topological polar surface area (TPSA) is 57.7 Å². The Morgan fingerprint density at radius 3 is 2.22 bits per heavy atom. The highest BCUT2D eigenvalue weighted by Gasteiger charge is 2.19. The summed E-state index contributed by atoms with van der Waals surface area (Å²) in [6.07, 6.45) is 1.17. The molecule has 0 aliphatic heterocycles. The number of carbonyl (C=O) groups excluding carboxylic acids is 1. The minimum absolute atomic E-state index is 0.0792. The third-order valence-electron chi connectivity index (χ3n) is 4.63. The Kier molecular flexibility index (Phi) is 6.73. The van der Waals surface area contributed by atoms with Gasteiger partial charge in [-0.1, -0.05) is 30.3 Å². The third kappa shape index (κ3) is 5.61. The average Bonchev–Trinajstić information content (AvgIpc) is 2.62. The standard InChI is InChI=1S/C20H25FN2O3S/c1-15(16-9-11-18(12-10-16)27(4,25)26)22(2)14-20(24)23(3)13-17-7-5-6-8-19(17)21/h5-12,15H,13-14H2,1-4H3. The van der Waals surface area contributed by atoms with E-state index in [4.69, 9.17) is 0 Å². The Labute approximate surface area is 160 Å². The van der Waals surface area contributed by atoms with Crippen molar-refractivity contribution in [2.24, 2.45) is 0 Å². The summed E-state index contributed by atoms with van der Waals surface area (Å²) in [5.41, 5.74) is 1.38. The first kappa shape index (κ1) is 21.1. The lowest BCUT2D eigenvalue weighted by atomic mass is 10.1. The molecule has 5 nitrogen and oxygen atoms in total. The molecular weight excluding hydrogens is 367 g/mol. The summed E-state index contributed by atoms with van der Waals surface area (Å²) >= 11 is 0. The van der Waals surface area contributed by atoms with Crippen molar-refractivity contribution in [1.29, 1.82) is 0 Å². The molecular formula is C20H25FN2O3S. The van der Waals surface area contributed by atoms with Gasteiger partial charge in [-0.2, -0.15) is 0 Å². The molecule has 2 aromatic carbocycles. The van der Waals surface area contributed by atoms with E-state index >= 15 is 0 Å². The highest BCUT2D eigenvalue weighted by Crippen LogP contribution is 2.21. The molecule has 1 unspecified atom stereocenters. The Morgan fingerprint density at radius 2 is 1.67 bits per heavy atom. The quantitative estimate of drug-likeness (QED) is 0.727. The SMILES string of the molecule is CC(c1ccc(S(C)(=O)=O)cc1)N(C)CC(=O)N(C)Cc1ccccc1F. The monoisotopic (exact) mass is 392 g/mol. The molecule has 0 aromatic heterocycles. The normalized spacial score (nSPS) is 12.8. The Balaban J connectivity index is 1.99. The molecule has 0 aliphatic rings. The predicted molar refractivity (Wildman–Crippen MR) is 103 cm³/mol. The van der Waals surface area contributed by atoms with Crippen LogP contribution in [0, 0.1) is 5.82 Å². The zero-order chi connectivity index (χ0) is 20.2. The molecule has 0 bridgehead atoms. The Hall–Kier alpha value is -2.25. The van der Waals surface area contributed by atoms with Crippen LogP contribution in [0.3, 0.4) is 0 Å². The van der Waals surface area contributed by atoms with Gasteiger partial charge < -0.3 is 4.90 Å². The van der Waals surface area contributed by atoms with Crippen molar-refractivity contribution in [2.75, 3.05) is 26.9 Å². The van der Waals surface area contributed by atoms with Gasteiger partial charge in [0, 0.05) is 31.5 Å². The second-order valence-electron chi connectivity index (χ2n) is 6.77. The maximum absolute atomic E-state index is 13.8. The zero-order valence-corrected chi connectivity index (χ0v) is 16.8. The lowest BCUT2D eigenvalue weighted by Crippen LogP contribution is -2.37. The zero-order valence-electron chi connectivity index (χ0n) is 16.0. The van der Waals surface area contributed by atoms with E-state index in [2.05, 4.69) is 0 Å². The predicted octanol–water partition coefficient (Wildman–Crippen LogP) is 2.88. The largest absolute Gasteiger partial charge is 0.340 e. The van der Waals surface area contributed by atoms with E-state index in [-0.39, 0.29) is 35.8 Å². The summed E-state index contributed by atoms with van der Waals surface area (Å²) < 4.78 is 36.9. The number of halogens is 1. The van der Waals surface area contributed by atoms with Crippen LogP contribution in [0.25, 0.3) is 0 Å². The van der Waals surface area contributed by atoms with Crippen LogP contribution >= 0.6 is 0 Å². The van der Waals surface area contributed by atoms with Crippen molar-refractivity contribution in [2.45, 2.75) is 24.4 Å². The molecule has 1 atom stereocenters. The van der Waals surface area contributed by atoms with Gasteiger partial charge in [-0.05, 0) is 37.7 Å². The summed E-state index contributed by atoms with van der Waals surface area (Å²) in [7, 11) is 0.236. The highest BCUT2D eigenvalue weighted by atomic mass is 32.2. The van der Waals surface area contributed by atoms with Gasteiger partial charge in [0.1, 0.15) is 5.82 Å². The van der Waals surface area contributed by atoms with E-state index < -0.39 is 9.84 Å². The second kappa shape index (κ2) is 8.63. The first-order valence-electron chi connectivity index (χ1n) is 8.57. The molecule has 0 saturated carbocycles. The van der Waals surface area contributed by atoms with Gasteiger partial charge in [0.05, 0.1) is 11.4 Å². The third-order valence-corrected chi connectivity index (χ3v) is 5.76. The van der Waals surface area contributed by atoms with Crippen molar-refractivity contribution in [3.8, 4) is 0 Å². The van der Waals surface area contributed by atoms with E-state index in [1.54, 1.807) is 49.5 Å². The summed E-state index contributed by atoms with van der Waals surface area (Å²) in [6.45, 7) is 2.32. The van der Waals surface area contributed by atoms with Crippen LogP contribution < -0.4 is 0 Å². The fourth-order valence-corrected chi connectivity index (χ4v) is 3.32. The van der Waals surface area contributed by atoms with Crippen LogP contribution in [-0.4, -0.2) is 51.0 Å². The molecule has 0 radical (unpaired) electrons. The molecule has 2 rings (SSSR count). The van der Waals surface area contributed by atoms with Gasteiger partial charge in [0.25, 0.3) is 0 Å². The van der Waals surface area contributed by atoms with Crippen molar-refractivity contribution in [3.05, 3.63) is 65.5 Å². The molecule has 7 heteroatoms. The number of nitrogens with zero attached hydrogens (tertiary/aromatic N) is 2. The van der Waals surface area contributed by atoms with Gasteiger partial charge in [-0.3, -0.25) is 9.69 Å².